The van der Waals surface area contributed by atoms with Crippen molar-refractivity contribution in [3.05, 3.63) is 28.8 Å². The Morgan fingerprint density at radius 1 is 1.44 bits per heavy atom. The summed E-state index contributed by atoms with van der Waals surface area (Å²) in [6, 6.07) is 7.07. The lowest BCUT2D eigenvalue weighted by Gasteiger charge is -2.36. The second kappa shape index (κ2) is 5.07. The average molecular weight is 239 g/mol. The van der Waals surface area contributed by atoms with Gasteiger partial charge in [0.15, 0.2) is 0 Å². The molecule has 1 aliphatic carbocycles. The van der Waals surface area contributed by atoms with Crippen LogP contribution >= 0.6 is 11.6 Å². The zero-order valence-corrected chi connectivity index (χ0v) is 10.7. The van der Waals surface area contributed by atoms with Crippen LogP contribution in [0.4, 0.5) is 5.69 Å². The first-order chi connectivity index (χ1) is 7.72. The van der Waals surface area contributed by atoms with Gasteiger partial charge in [-0.25, -0.2) is 0 Å². The molecule has 1 N–H and O–H groups in total. The fraction of sp³-hybridized carbons (Fsp3) is 0.538. The maximum absolute atomic E-state index is 6.25. The molecule has 0 spiro atoms. The second-order valence-corrected chi connectivity index (χ2v) is 4.91. The summed E-state index contributed by atoms with van der Waals surface area (Å²) < 4.78 is 0. The quantitative estimate of drug-likeness (QED) is 0.868. The summed E-state index contributed by atoms with van der Waals surface area (Å²) in [4.78, 5) is 2.35. The van der Waals surface area contributed by atoms with Crippen molar-refractivity contribution in [2.24, 2.45) is 0 Å². The van der Waals surface area contributed by atoms with E-state index in [4.69, 9.17) is 11.6 Å². The van der Waals surface area contributed by atoms with Crippen molar-refractivity contribution in [2.75, 3.05) is 19.0 Å². The molecular weight excluding hydrogens is 220 g/mol. The van der Waals surface area contributed by atoms with E-state index in [1.165, 1.54) is 24.9 Å². The zero-order valence-electron chi connectivity index (χ0n) is 9.96. The summed E-state index contributed by atoms with van der Waals surface area (Å²) in [5.74, 6) is 0. The molecule has 16 heavy (non-hydrogen) atoms. The second-order valence-electron chi connectivity index (χ2n) is 4.50. The van der Waals surface area contributed by atoms with Crippen LogP contribution in [0.1, 0.15) is 24.8 Å². The first-order valence-electron chi connectivity index (χ1n) is 5.88. The minimum atomic E-state index is 0.714. The van der Waals surface area contributed by atoms with E-state index in [9.17, 15) is 0 Å². The highest BCUT2D eigenvalue weighted by molar-refractivity contribution is 6.31. The molecule has 0 radical (unpaired) electrons. The molecule has 1 aromatic rings. The average Bonchev–Trinajstić information content (AvgIpc) is 2.18. The maximum atomic E-state index is 6.25. The third kappa shape index (κ3) is 2.33. The van der Waals surface area contributed by atoms with Gasteiger partial charge in [-0.15, -0.1) is 0 Å². The highest BCUT2D eigenvalue weighted by Crippen LogP contribution is 2.30. The standard InChI is InChI=1S/C13H19ClN2/c1-15-9-10-6-7-12(8-13(10)14)16(2)11-4-3-5-11/h6-8,11,15H,3-5,9H2,1-2H3. The Hall–Kier alpha value is -0.730. The number of anilines is 1. The van der Waals surface area contributed by atoms with E-state index < -0.39 is 0 Å². The van der Waals surface area contributed by atoms with Gasteiger partial charge in [0.1, 0.15) is 0 Å². The van der Waals surface area contributed by atoms with Crippen molar-refractivity contribution in [1.82, 2.24) is 5.32 Å². The minimum absolute atomic E-state index is 0.714. The molecule has 0 heterocycles. The Morgan fingerprint density at radius 2 is 2.19 bits per heavy atom. The Bertz CT molecular complexity index is 361. The van der Waals surface area contributed by atoms with E-state index in [0.717, 1.165) is 17.1 Å². The van der Waals surface area contributed by atoms with E-state index in [1.54, 1.807) is 0 Å². The molecule has 0 aromatic heterocycles. The van der Waals surface area contributed by atoms with Gasteiger partial charge in [-0.2, -0.15) is 0 Å². The van der Waals surface area contributed by atoms with E-state index in [2.05, 4.69) is 35.5 Å². The van der Waals surface area contributed by atoms with Crippen LogP contribution < -0.4 is 10.2 Å². The predicted octanol–water partition coefficient (Wildman–Crippen LogP) is 3.05. The number of nitrogens with one attached hydrogen (secondary N) is 1. The van der Waals surface area contributed by atoms with Crippen LogP contribution in [-0.4, -0.2) is 20.1 Å². The number of hydrogen-bond donors (Lipinski definition) is 1. The van der Waals surface area contributed by atoms with Crippen LogP contribution in [-0.2, 0) is 6.54 Å². The van der Waals surface area contributed by atoms with Crippen LogP contribution in [0.15, 0.2) is 18.2 Å². The normalized spacial score (nSPS) is 15.9. The van der Waals surface area contributed by atoms with Gasteiger partial charge in [0.2, 0.25) is 0 Å². The van der Waals surface area contributed by atoms with E-state index in [0.29, 0.717) is 6.04 Å². The largest absolute Gasteiger partial charge is 0.372 e. The van der Waals surface area contributed by atoms with Crippen LogP contribution in [0.5, 0.6) is 0 Å². The van der Waals surface area contributed by atoms with Crippen molar-refractivity contribution in [3.63, 3.8) is 0 Å². The van der Waals surface area contributed by atoms with Crippen LogP contribution in [0, 0.1) is 0 Å². The number of benzene rings is 1. The molecule has 1 aliphatic rings. The molecule has 1 saturated carbocycles. The van der Waals surface area contributed by atoms with Gasteiger partial charge in [0.05, 0.1) is 0 Å². The highest BCUT2D eigenvalue weighted by atomic mass is 35.5. The molecule has 2 rings (SSSR count). The predicted molar refractivity (Wildman–Crippen MR) is 70.3 cm³/mol. The van der Waals surface area contributed by atoms with Gasteiger partial charge in [-0.05, 0) is 44.0 Å². The van der Waals surface area contributed by atoms with E-state index in [1.807, 2.05) is 7.05 Å². The number of halogens is 1. The number of rotatable bonds is 4. The van der Waals surface area contributed by atoms with Crippen molar-refractivity contribution < 1.29 is 0 Å². The van der Waals surface area contributed by atoms with Crippen LogP contribution in [0.3, 0.4) is 0 Å². The van der Waals surface area contributed by atoms with Crippen molar-refractivity contribution in [2.45, 2.75) is 31.8 Å². The van der Waals surface area contributed by atoms with E-state index in [-0.39, 0.29) is 0 Å². The zero-order chi connectivity index (χ0) is 11.5. The Morgan fingerprint density at radius 3 is 2.69 bits per heavy atom. The fourth-order valence-electron chi connectivity index (χ4n) is 2.07. The van der Waals surface area contributed by atoms with Crippen LogP contribution in [0.25, 0.3) is 0 Å². The third-order valence-corrected chi connectivity index (χ3v) is 3.79. The first-order valence-corrected chi connectivity index (χ1v) is 6.26. The summed E-state index contributed by atoms with van der Waals surface area (Å²) in [6.07, 6.45) is 3.99. The summed E-state index contributed by atoms with van der Waals surface area (Å²) in [6.45, 7) is 0.826. The van der Waals surface area contributed by atoms with Crippen LogP contribution in [0.2, 0.25) is 5.02 Å². The molecule has 2 nitrogen and oxygen atoms in total. The Labute approximate surface area is 103 Å². The van der Waals surface area contributed by atoms with Gasteiger partial charge in [0.25, 0.3) is 0 Å². The van der Waals surface area contributed by atoms with Crippen molar-refractivity contribution >= 4 is 17.3 Å². The molecular formula is C13H19ClN2. The molecule has 0 amide bonds. The maximum Gasteiger partial charge on any atom is 0.0471 e. The van der Waals surface area contributed by atoms with Gasteiger partial charge < -0.3 is 10.2 Å². The summed E-state index contributed by atoms with van der Waals surface area (Å²) >= 11 is 6.25. The molecule has 1 fully saturated rings. The van der Waals surface area contributed by atoms with E-state index >= 15 is 0 Å². The molecule has 1 aromatic carbocycles. The lowest BCUT2D eigenvalue weighted by atomic mass is 9.91. The first kappa shape index (κ1) is 11.7. The van der Waals surface area contributed by atoms with Gasteiger partial charge >= 0.3 is 0 Å². The number of nitrogens with zero attached hydrogens (tertiary/aromatic N) is 1. The van der Waals surface area contributed by atoms with Gasteiger partial charge in [-0.3, -0.25) is 0 Å². The summed E-state index contributed by atoms with van der Waals surface area (Å²) in [5, 5.41) is 3.98. The molecule has 0 saturated heterocycles. The SMILES string of the molecule is CNCc1ccc(N(C)C2CCC2)cc1Cl. The lowest BCUT2D eigenvalue weighted by Crippen LogP contribution is -2.37. The monoisotopic (exact) mass is 238 g/mol. The highest BCUT2D eigenvalue weighted by Gasteiger charge is 2.22. The van der Waals surface area contributed by atoms with Crippen molar-refractivity contribution in [1.29, 1.82) is 0 Å². The lowest BCUT2D eigenvalue weighted by molar-refractivity contribution is 0.401. The molecule has 0 atom stereocenters. The summed E-state index contributed by atoms with van der Waals surface area (Å²) in [5.41, 5.74) is 2.39. The van der Waals surface area contributed by atoms with Crippen molar-refractivity contribution in [3.8, 4) is 0 Å². The summed E-state index contributed by atoms with van der Waals surface area (Å²) in [7, 11) is 4.10. The Balaban J connectivity index is 2.13. The molecule has 88 valence electrons. The Kier molecular flexibility index (Phi) is 3.72. The fourth-order valence-corrected chi connectivity index (χ4v) is 2.32. The molecule has 0 bridgehead atoms. The topological polar surface area (TPSA) is 15.3 Å². The molecule has 3 heteroatoms. The molecule has 0 unspecified atom stereocenters. The minimum Gasteiger partial charge on any atom is -0.372 e. The smallest absolute Gasteiger partial charge is 0.0471 e. The third-order valence-electron chi connectivity index (χ3n) is 3.43. The van der Waals surface area contributed by atoms with Gasteiger partial charge in [0, 0.05) is 30.3 Å². The number of hydrogen-bond acceptors (Lipinski definition) is 2. The van der Waals surface area contributed by atoms with Gasteiger partial charge in [-0.1, -0.05) is 17.7 Å². The molecule has 0 aliphatic heterocycles.